The molecule has 4 nitrogen and oxygen atoms in total. The monoisotopic (exact) mass is 301 g/mol. The number of aromatic nitrogens is 1. The average Bonchev–Trinajstić information content (AvgIpc) is 2.47. The molecule has 0 amide bonds. The van der Waals surface area contributed by atoms with Gasteiger partial charge in [0.2, 0.25) is 0 Å². The number of rotatable bonds is 4. The van der Waals surface area contributed by atoms with Gasteiger partial charge in [0.05, 0.1) is 12.7 Å². The Morgan fingerprint density at radius 2 is 2.00 bits per heavy atom. The molecule has 21 heavy (non-hydrogen) atoms. The van der Waals surface area contributed by atoms with Crippen LogP contribution in [0.15, 0.2) is 40.3 Å². The zero-order valence-corrected chi connectivity index (χ0v) is 12.9. The van der Waals surface area contributed by atoms with E-state index in [0.29, 0.717) is 16.8 Å². The van der Waals surface area contributed by atoms with Crippen LogP contribution in [0, 0.1) is 13.8 Å². The van der Waals surface area contributed by atoms with E-state index < -0.39 is 0 Å². The van der Waals surface area contributed by atoms with Crippen LogP contribution in [0.4, 0.5) is 0 Å². The Balaban J connectivity index is 2.24. The third-order valence-electron chi connectivity index (χ3n) is 3.05. The number of aryl methyl sites for hydroxylation is 2. The van der Waals surface area contributed by atoms with Crippen molar-refractivity contribution in [3.05, 3.63) is 52.7 Å². The Kier molecular flexibility index (Phi) is 4.75. The molecule has 0 aliphatic heterocycles. The molecule has 1 aromatic carbocycles. The molecule has 2 rings (SSSR count). The molecule has 108 valence electrons. The van der Waals surface area contributed by atoms with Gasteiger partial charge in [0.25, 0.3) is 0 Å². The van der Waals surface area contributed by atoms with Crippen LogP contribution in [0.2, 0.25) is 0 Å². The summed E-state index contributed by atoms with van der Waals surface area (Å²) >= 11 is 1.48. The van der Waals surface area contributed by atoms with E-state index in [1.165, 1.54) is 18.9 Å². The first-order chi connectivity index (χ1) is 10.0. The largest absolute Gasteiger partial charge is 0.465 e. The summed E-state index contributed by atoms with van der Waals surface area (Å²) in [7, 11) is 1.37. The Morgan fingerprint density at radius 3 is 2.57 bits per heavy atom. The van der Waals surface area contributed by atoms with Crippen LogP contribution < -0.4 is 0 Å². The van der Waals surface area contributed by atoms with Crippen molar-refractivity contribution < 1.29 is 14.3 Å². The molecule has 5 heteroatoms. The summed E-state index contributed by atoms with van der Waals surface area (Å²) in [6, 6.07) is 9.09. The molecule has 0 atom stereocenters. The van der Waals surface area contributed by atoms with Gasteiger partial charge in [0, 0.05) is 16.2 Å². The number of ether oxygens (including phenoxy) is 1. The number of methoxy groups -OCH3 is 1. The maximum absolute atomic E-state index is 11.5. The highest BCUT2D eigenvalue weighted by Crippen LogP contribution is 2.28. The van der Waals surface area contributed by atoms with Gasteiger partial charge in [-0.2, -0.15) is 0 Å². The first-order valence-electron chi connectivity index (χ1n) is 6.35. The number of nitrogens with zero attached hydrogens (tertiary/aromatic N) is 1. The van der Waals surface area contributed by atoms with Crippen molar-refractivity contribution in [3.63, 3.8) is 0 Å². The Labute approximate surface area is 127 Å². The van der Waals surface area contributed by atoms with Crippen molar-refractivity contribution >= 4 is 24.0 Å². The molecule has 0 aliphatic rings. The Hall–Kier alpha value is -2.14. The minimum absolute atomic E-state index is 0.339. The highest BCUT2D eigenvalue weighted by Gasteiger charge is 2.10. The predicted octanol–water partition coefficient (Wildman–Crippen LogP) is 3.45. The summed E-state index contributed by atoms with van der Waals surface area (Å²) in [5, 5.41) is 0.809. The standard InChI is InChI=1S/C16H15NO3S/c1-10-8-13(5-6-14(10)16(19)20-3)21-15-7-4-12(9-18)11(2)17-15/h4-9H,1-3H3. The SMILES string of the molecule is COC(=O)c1ccc(Sc2ccc(C=O)c(C)n2)cc1C. The number of carbonyl (C=O) groups is 2. The minimum Gasteiger partial charge on any atom is -0.465 e. The molecule has 0 saturated carbocycles. The van der Waals surface area contributed by atoms with Crippen LogP contribution in [0.1, 0.15) is 32.0 Å². The Morgan fingerprint density at radius 1 is 1.24 bits per heavy atom. The van der Waals surface area contributed by atoms with Crippen LogP contribution in [-0.2, 0) is 4.74 Å². The fourth-order valence-corrected chi connectivity index (χ4v) is 2.82. The minimum atomic E-state index is -0.339. The molecule has 0 fully saturated rings. The second-order valence-corrected chi connectivity index (χ2v) is 5.61. The lowest BCUT2D eigenvalue weighted by atomic mass is 10.1. The fraction of sp³-hybridized carbons (Fsp3) is 0.188. The van der Waals surface area contributed by atoms with E-state index in [2.05, 4.69) is 4.98 Å². The lowest BCUT2D eigenvalue weighted by molar-refractivity contribution is 0.0599. The summed E-state index contributed by atoms with van der Waals surface area (Å²) in [6.45, 7) is 3.67. The summed E-state index contributed by atoms with van der Waals surface area (Å²) in [6.07, 6.45) is 0.798. The van der Waals surface area contributed by atoms with Crippen LogP contribution in [0.25, 0.3) is 0 Å². The molecular weight excluding hydrogens is 286 g/mol. The Bertz CT molecular complexity index is 698. The maximum Gasteiger partial charge on any atom is 0.338 e. The molecule has 0 spiro atoms. The van der Waals surface area contributed by atoms with Gasteiger partial charge in [0.1, 0.15) is 5.03 Å². The summed E-state index contributed by atoms with van der Waals surface area (Å²) in [5.41, 5.74) is 2.71. The summed E-state index contributed by atoms with van der Waals surface area (Å²) in [4.78, 5) is 27.7. The molecule has 0 bridgehead atoms. The summed E-state index contributed by atoms with van der Waals surface area (Å²) < 4.78 is 4.73. The van der Waals surface area contributed by atoms with E-state index >= 15 is 0 Å². The van der Waals surface area contributed by atoms with Crippen molar-refractivity contribution in [2.75, 3.05) is 7.11 Å². The zero-order chi connectivity index (χ0) is 15.4. The third-order valence-corrected chi connectivity index (χ3v) is 3.98. The molecular formula is C16H15NO3S. The van der Waals surface area contributed by atoms with Crippen molar-refractivity contribution in [3.8, 4) is 0 Å². The molecule has 0 aliphatic carbocycles. The van der Waals surface area contributed by atoms with Crippen molar-refractivity contribution in [2.45, 2.75) is 23.8 Å². The lowest BCUT2D eigenvalue weighted by Gasteiger charge is -2.07. The number of esters is 1. The van der Waals surface area contributed by atoms with Gasteiger partial charge in [-0.15, -0.1) is 0 Å². The molecule has 1 aromatic heterocycles. The van der Waals surface area contributed by atoms with Crippen LogP contribution >= 0.6 is 11.8 Å². The third kappa shape index (κ3) is 3.49. The van der Waals surface area contributed by atoms with Crippen molar-refractivity contribution in [1.29, 1.82) is 0 Å². The first kappa shape index (κ1) is 15.3. The van der Waals surface area contributed by atoms with Gasteiger partial charge in [-0.25, -0.2) is 9.78 Å². The van der Waals surface area contributed by atoms with Crippen molar-refractivity contribution in [1.82, 2.24) is 4.98 Å². The molecule has 1 heterocycles. The molecule has 0 N–H and O–H groups in total. The van der Waals surface area contributed by atoms with Gasteiger partial charge in [0.15, 0.2) is 6.29 Å². The summed E-state index contributed by atoms with van der Waals surface area (Å²) in [5.74, 6) is -0.339. The lowest BCUT2D eigenvalue weighted by Crippen LogP contribution is -2.03. The van der Waals surface area contributed by atoms with Gasteiger partial charge in [-0.1, -0.05) is 11.8 Å². The number of benzene rings is 1. The highest BCUT2D eigenvalue weighted by atomic mass is 32.2. The number of aldehydes is 1. The number of hydrogen-bond acceptors (Lipinski definition) is 5. The van der Waals surface area contributed by atoms with Gasteiger partial charge < -0.3 is 4.74 Å². The quantitative estimate of drug-likeness (QED) is 0.639. The van der Waals surface area contributed by atoms with Crippen LogP contribution in [-0.4, -0.2) is 24.3 Å². The molecule has 0 radical (unpaired) electrons. The normalized spacial score (nSPS) is 10.2. The zero-order valence-electron chi connectivity index (χ0n) is 12.0. The first-order valence-corrected chi connectivity index (χ1v) is 7.16. The van der Waals surface area contributed by atoms with E-state index in [-0.39, 0.29) is 5.97 Å². The molecule has 2 aromatic rings. The number of carbonyl (C=O) groups excluding carboxylic acids is 2. The maximum atomic E-state index is 11.5. The van der Waals surface area contributed by atoms with E-state index in [1.807, 2.05) is 25.1 Å². The molecule has 0 saturated heterocycles. The predicted molar refractivity (Wildman–Crippen MR) is 81.0 cm³/mol. The second kappa shape index (κ2) is 6.54. The molecule has 0 unspecified atom stereocenters. The van der Waals surface area contributed by atoms with Gasteiger partial charge in [-0.3, -0.25) is 4.79 Å². The average molecular weight is 301 g/mol. The van der Waals surface area contributed by atoms with E-state index in [0.717, 1.165) is 21.8 Å². The van der Waals surface area contributed by atoms with Crippen LogP contribution in [0.5, 0.6) is 0 Å². The van der Waals surface area contributed by atoms with Crippen molar-refractivity contribution in [2.24, 2.45) is 0 Å². The fourth-order valence-electron chi connectivity index (χ4n) is 1.89. The van der Waals surface area contributed by atoms with E-state index in [4.69, 9.17) is 4.74 Å². The van der Waals surface area contributed by atoms with Crippen LogP contribution in [0.3, 0.4) is 0 Å². The van der Waals surface area contributed by atoms with Gasteiger partial charge in [-0.05, 0) is 49.7 Å². The van der Waals surface area contributed by atoms with Gasteiger partial charge >= 0.3 is 5.97 Å². The second-order valence-electron chi connectivity index (χ2n) is 4.51. The van der Waals surface area contributed by atoms with E-state index in [9.17, 15) is 9.59 Å². The number of pyridine rings is 1. The smallest absolute Gasteiger partial charge is 0.338 e. The van der Waals surface area contributed by atoms with E-state index in [1.54, 1.807) is 19.1 Å². The topological polar surface area (TPSA) is 56.3 Å². The number of hydrogen-bond donors (Lipinski definition) is 0. The highest BCUT2D eigenvalue weighted by molar-refractivity contribution is 7.99.